The molecule has 0 radical (unpaired) electrons. The molecule has 0 heterocycles. The van der Waals surface area contributed by atoms with Gasteiger partial charge in [-0.05, 0) is 42.5 Å². The number of nitrogens with zero attached hydrogens (tertiary/aromatic N) is 1. The number of nitrogens with one attached hydrogen (secondary N) is 2. The van der Waals surface area contributed by atoms with Crippen molar-refractivity contribution in [1.82, 2.24) is 10.6 Å². The minimum Gasteiger partial charge on any atom is -0.465 e. The van der Waals surface area contributed by atoms with Crippen LogP contribution in [-0.2, 0) is 16.6 Å². The van der Waals surface area contributed by atoms with Crippen molar-refractivity contribution in [2.24, 2.45) is 4.99 Å². The number of aliphatic imine (C=N–C) groups is 1. The smallest absolute Gasteiger partial charge is 0.337 e. The maximum atomic E-state index is 11.5. The van der Waals surface area contributed by atoms with Gasteiger partial charge in [0.1, 0.15) is 0 Å². The first-order valence-corrected chi connectivity index (χ1v) is 9.34. The summed E-state index contributed by atoms with van der Waals surface area (Å²) in [5.74, 6) is 0.514. The second-order valence-electron chi connectivity index (χ2n) is 6.94. The molecule has 0 aromatic heterocycles. The van der Waals surface area contributed by atoms with E-state index in [1.165, 1.54) is 25.5 Å². The lowest BCUT2D eigenvalue weighted by molar-refractivity contribution is 0.0600. The fourth-order valence-electron chi connectivity index (χ4n) is 3.23. The van der Waals surface area contributed by atoms with Gasteiger partial charge in [-0.25, -0.2) is 4.79 Å². The third kappa shape index (κ3) is 5.70. The normalized spacial score (nSPS) is 14.6. The van der Waals surface area contributed by atoms with Crippen molar-refractivity contribution < 1.29 is 9.53 Å². The van der Waals surface area contributed by atoms with Crippen LogP contribution in [0.25, 0.3) is 0 Å². The number of hydrogen-bond acceptors (Lipinski definition) is 3. The van der Waals surface area contributed by atoms with Crippen molar-refractivity contribution >= 4 is 35.9 Å². The summed E-state index contributed by atoms with van der Waals surface area (Å²) >= 11 is 0. The summed E-state index contributed by atoms with van der Waals surface area (Å²) < 4.78 is 4.72. The number of carbonyl (C=O) groups is 1. The Morgan fingerprint density at radius 2 is 1.75 bits per heavy atom. The Hall–Kier alpha value is -2.09. The van der Waals surface area contributed by atoms with Crippen LogP contribution in [0.3, 0.4) is 0 Å². The molecular weight excluding hydrogens is 465 g/mol. The lowest BCUT2D eigenvalue weighted by atomic mass is 9.96. The second kappa shape index (κ2) is 10.5. The van der Waals surface area contributed by atoms with Crippen molar-refractivity contribution in [3.63, 3.8) is 0 Å². The summed E-state index contributed by atoms with van der Waals surface area (Å²) in [7, 11) is 3.19. The van der Waals surface area contributed by atoms with Crippen LogP contribution in [0.4, 0.5) is 0 Å². The Labute approximate surface area is 184 Å². The van der Waals surface area contributed by atoms with Gasteiger partial charge in [-0.2, -0.15) is 0 Å². The molecule has 0 spiro atoms. The van der Waals surface area contributed by atoms with E-state index in [-0.39, 0.29) is 35.4 Å². The highest BCUT2D eigenvalue weighted by Crippen LogP contribution is 2.47. The fraction of sp³-hybridized carbons (Fsp3) is 0.364. The topological polar surface area (TPSA) is 62.7 Å². The quantitative estimate of drug-likeness (QED) is 0.268. The molecule has 0 bridgehead atoms. The molecule has 6 heteroatoms. The molecule has 3 rings (SSSR count). The Kier molecular flexibility index (Phi) is 8.29. The van der Waals surface area contributed by atoms with Crippen LogP contribution in [0.2, 0.25) is 0 Å². The van der Waals surface area contributed by atoms with E-state index in [9.17, 15) is 4.79 Å². The Balaban J connectivity index is 0.00000280. The van der Waals surface area contributed by atoms with E-state index in [1.807, 2.05) is 12.1 Å². The number of carbonyl (C=O) groups excluding carboxylic acids is 1. The highest BCUT2D eigenvalue weighted by molar-refractivity contribution is 14.0. The highest BCUT2D eigenvalue weighted by atomic mass is 127. The number of guanidine groups is 1. The van der Waals surface area contributed by atoms with Gasteiger partial charge in [-0.1, -0.05) is 42.5 Å². The lowest BCUT2D eigenvalue weighted by Crippen LogP contribution is -2.41. The number of halogens is 1. The molecule has 2 aromatic carbocycles. The van der Waals surface area contributed by atoms with E-state index in [0.29, 0.717) is 5.56 Å². The number of ether oxygens (including phenoxy) is 1. The fourth-order valence-corrected chi connectivity index (χ4v) is 3.23. The number of hydrogen-bond donors (Lipinski definition) is 2. The highest BCUT2D eigenvalue weighted by Gasteiger charge is 2.43. The minimum atomic E-state index is -0.309. The summed E-state index contributed by atoms with van der Waals surface area (Å²) in [6.07, 6.45) is 3.28. The molecule has 5 nitrogen and oxygen atoms in total. The second-order valence-corrected chi connectivity index (χ2v) is 6.94. The van der Waals surface area contributed by atoms with Crippen molar-refractivity contribution in [2.75, 3.05) is 27.2 Å². The molecule has 0 aliphatic heterocycles. The van der Waals surface area contributed by atoms with Gasteiger partial charge in [-0.3, -0.25) is 4.99 Å². The number of benzene rings is 2. The summed E-state index contributed by atoms with van der Waals surface area (Å²) in [4.78, 5) is 15.8. The van der Waals surface area contributed by atoms with Crippen LogP contribution in [0.5, 0.6) is 0 Å². The van der Waals surface area contributed by atoms with Gasteiger partial charge in [0.05, 0.1) is 12.7 Å². The first-order chi connectivity index (χ1) is 13.2. The van der Waals surface area contributed by atoms with Crippen molar-refractivity contribution in [3.05, 3.63) is 71.3 Å². The predicted molar refractivity (Wildman–Crippen MR) is 124 cm³/mol. The molecule has 2 aromatic rings. The molecule has 1 aliphatic carbocycles. The van der Waals surface area contributed by atoms with Crippen LogP contribution < -0.4 is 10.6 Å². The Bertz CT molecular complexity index is 787. The van der Waals surface area contributed by atoms with Gasteiger partial charge in [0.2, 0.25) is 0 Å². The summed E-state index contributed by atoms with van der Waals surface area (Å²) in [5, 5.41) is 6.83. The van der Waals surface area contributed by atoms with Crippen molar-refractivity contribution in [3.8, 4) is 0 Å². The average Bonchev–Trinajstić information content (AvgIpc) is 3.52. The van der Waals surface area contributed by atoms with Crippen LogP contribution in [0.15, 0.2) is 59.6 Å². The summed E-state index contributed by atoms with van der Waals surface area (Å²) in [6, 6.07) is 18.2. The predicted octanol–water partition coefficient (Wildman–Crippen LogP) is 3.53. The van der Waals surface area contributed by atoms with Crippen LogP contribution in [0, 0.1) is 0 Å². The van der Waals surface area contributed by atoms with Gasteiger partial charge < -0.3 is 15.4 Å². The largest absolute Gasteiger partial charge is 0.465 e. The van der Waals surface area contributed by atoms with Crippen LogP contribution >= 0.6 is 24.0 Å². The third-order valence-corrected chi connectivity index (χ3v) is 5.14. The molecule has 150 valence electrons. The first-order valence-electron chi connectivity index (χ1n) is 9.34. The summed E-state index contributed by atoms with van der Waals surface area (Å²) in [5.41, 5.74) is 3.39. The van der Waals surface area contributed by atoms with E-state index >= 15 is 0 Å². The molecule has 0 saturated heterocycles. The molecule has 0 amide bonds. The van der Waals surface area contributed by atoms with Gasteiger partial charge >= 0.3 is 5.97 Å². The standard InChI is InChI=1S/C22H27N3O2.HI/c1-23-21(25-16-22(13-14-22)19-6-4-3-5-7-19)24-15-12-17-8-10-18(11-9-17)20(26)27-2;/h3-11H,12-16H2,1-2H3,(H2,23,24,25);1H. The minimum absolute atomic E-state index is 0. The molecule has 1 aliphatic rings. The molecule has 0 atom stereocenters. The van der Waals surface area contributed by atoms with Crippen LogP contribution in [0.1, 0.15) is 34.3 Å². The van der Waals surface area contributed by atoms with Gasteiger partial charge in [0.15, 0.2) is 5.96 Å². The van der Waals surface area contributed by atoms with Crippen molar-refractivity contribution in [1.29, 1.82) is 0 Å². The zero-order valence-corrected chi connectivity index (χ0v) is 18.7. The maximum absolute atomic E-state index is 11.5. The van der Waals surface area contributed by atoms with E-state index < -0.39 is 0 Å². The zero-order valence-electron chi connectivity index (χ0n) is 16.4. The monoisotopic (exact) mass is 493 g/mol. The molecule has 28 heavy (non-hydrogen) atoms. The number of esters is 1. The van der Waals surface area contributed by atoms with Gasteiger partial charge in [-0.15, -0.1) is 24.0 Å². The third-order valence-electron chi connectivity index (χ3n) is 5.14. The zero-order chi connectivity index (χ0) is 19.1. The SMILES string of the molecule is CN=C(NCCc1ccc(C(=O)OC)cc1)NCC1(c2ccccc2)CC1.I. The number of methoxy groups -OCH3 is 1. The van der Waals surface area contributed by atoms with Crippen LogP contribution in [-0.4, -0.2) is 39.2 Å². The lowest BCUT2D eigenvalue weighted by Gasteiger charge is -2.19. The molecular formula is C22H28IN3O2. The van der Waals surface area contributed by atoms with E-state index in [0.717, 1.165) is 31.0 Å². The Morgan fingerprint density at radius 3 is 2.32 bits per heavy atom. The summed E-state index contributed by atoms with van der Waals surface area (Å²) in [6.45, 7) is 1.67. The van der Waals surface area contributed by atoms with E-state index in [1.54, 1.807) is 19.2 Å². The average molecular weight is 493 g/mol. The number of rotatable bonds is 7. The van der Waals surface area contributed by atoms with E-state index in [4.69, 9.17) is 4.74 Å². The molecule has 1 fully saturated rings. The molecule has 1 saturated carbocycles. The first kappa shape index (κ1) is 22.2. The van der Waals surface area contributed by atoms with E-state index in [2.05, 4.69) is 46.0 Å². The molecule has 2 N–H and O–H groups in total. The maximum Gasteiger partial charge on any atom is 0.337 e. The van der Waals surface area contributed by atoms with Gasteiger partial charge in [0, 0.05) is 25.6 Å². The Morgan fingerprint density at radius 1 is 1.07 bits per heavy atom. The molecule has 0 unspecified atom stereocenters. The van der Waals surface area contributed by atoms with Gasteiger partial charge in [0.25, 0.3) is 0 Å². The van der Waals surface area contributed by atoms with Crippen molar-refractivity contribution in [2.45, 2.75) is 24.7 Å².